The Kier molecular flexibility index (Phi) is 1.61. The lowest BCUT2D eigenvalue weighted by Gasteiger charge is -1.90. The molecular formula is C9H6N2OS. The number of benzene rings is 1. The Morgan fingerprint density at radius 2 is 2.23 bits per heavy atom. The minimum absolute atomic E-state index is 0.0806. The molecule has 0 aliphatic carbocycles. The second-order valence-corrected chi connectivity index (χ2v) is 3.72. The van der Waals surface area contributed by atoms with Crippen molar-refractivity contribution in [1.82, 2.24) is 0 Å². The van der Waals surface area contributed by atoms with Gasteiger partial charge in [-0.3, -0.25) is 0 Å². The number of aromatic hydroxyl groups is 1. The second-order valence-electron chi connectivity index (χ2n) is 2.64. The van der Waals surface area contributed by atoms with Gasteiger partial charge >= 0.3 is 0 Å². The van der Waals surface area contributed by atoms with E-state index in [9.17, 15) is 5.11 Å². The first kappa shape index (κ1) is 7.90. The van der Waals surface area contributed by atoms with Crippen LogP contribution in [0.3, 0.4) is 0 Å². The lowest BCUT2D eigenvalue weighted by atomic mass is 10.2. The van der Waals surface area contributed by atoms with Crippen molar-refractivity contribution in [3.05, 3.63) is 23.8 Å². The Bertz CT molecular complexity index is 510. The number of nitriles is 1. The van der Waals surface area contributed by atoms with Crippen LogP contribution in [0.5, 0.6) is 5.75 Å². The van der Waals surface area contributed by atoms with E-state index in [1.807, 2.05) is 6.07 Å². The molecule has 0 amide bonds. The predicted molar refractivity (Wildman–Crippen MR) is 52.6 cm³/mol. The Morgan fingerprint density at radius 3 is 2.92 bits per heavy atom. The first-order valence-electron chi connectivity index (χ1n) is 3.63. The van der Waals surface area contributed by atoms with Crippen LogP contribution in [-0.2, 0) is 0 Å². The summed E-state index contributed by atoms with van der Waals surface area (Å²) in [5.41, 5.74) is 6.06. The fourth-order valence-corrected chi connectivity index (χ4v) is 2.02. The number of fused-ring (bicyclic) bond motifs is 1. The Labute approximate surface area is 78.6 Å². The lowest BCUT2D eigenvalue weighted by molar-refractivity contribution is 0.486. The zero-order valence-corrected chi connectivity index (χ0v) is 7.43. The van der Waals surface area contributed by atoms with E-state index < -0.39 is 0 Å². The third-order valence-corrected chi connectivity index (χ3v) is 2.81. The van der Waals surface area contributed by atoms with Gasteiger partial charge in [-0.25, -0.2) is 0 Å². The highest BCUT2D eigenvalue weighted by Gasteiger charge is 2.08. The van der Waals surface area contributed by atoms with Gasteiger partial charge in [0.2, 0.25) is 0 Å². The Hall–Kier alpha value is -1.73. The average molecular weight is 190 g/mol. The van der Waals surface area contributed by atoms with Crippen molar-refractivity contribution in [2.24, 2.45) is 0 Å². The molecule has 0 unspecified atom stereocenters. The van der Waals surface area contributed by atoms with E-state index in [1.54, 1.807) is 18.2 Å². The van der Waals surface area contributed by atoms with E-state index in [0.717, 1.165) is 4.70 Å². The standard InChI is InChI=1S/C9H6N2OS/c10-4-5-1-2-7-6(3-5)8(12)9(11)13-7/h1-3,12H,11H2. The molecule has 2 aromatic rings. The van der Waals surface area contributed by atoms with Crippen molar-refractivity contribution in [3.63, 3.8) is 0 Å². The first-order valence-corrected chi connectivity index (χ1v) is 4.45. The zero-order valence-electron chi connectivity index (χ0n) is 6.61. The topological polar surface area (TPSA) is 70.0 Å². The summed E-state index contributed by atoms with van der Waals surface area (Å²) in [6.07, 6.45) is 0. The molecule has 0 radical (unpaired) electrons. The van der Waals surface area contributed by atoms with E-state index in [-0.39, 0.29) is 5.75 Å². The first-order chi connectivity index (χ1) is 6.22. The number of anilines is 1. The van der Waals surface area contributed by atoms with Crippen LogP contribution in [0, 0.1) is 11.3 Å². The van der Waals surface area contributed by atoms with Gasteiger partial charge in [-0.15, -0.1) is 11.3 Å². The van der Waals surface area contributed by atoms with Gasteiger partial charge in [0, 0.05) is 10.1 Å². The Balaban J connectivity index is 2.84. The van der Waals surface area contributed by atoms with Crippen LogP contribution in [0.25, 0.3) is 10.1 Å². The van der Waals surface area contributed by atoms with Gasteiger partial charge in [-0.05, 0) is 18.2 Å². The van der Waals surface area contributed by atoms with Gasteiger partial charge in [-0.2, -0.15) is 5.26 Å². The van der Waals surface area contributed by atoms with Crippen molar-refractivity contribution in [1.29, 1.82) is 5.26 Å². The SMILES string of the molecule is N#Cc1ccc2sc(N)c(O)c2c1. The number of nitrogens with two attached hydrogens (primary N) is 1. The summed E-state index contributed by atoms with van der Waals surface area (Å²) >= 11 is 1.32. The van der Waals surface area contributed by atoms with E-state index in [0.29, 0.717) is 16.0 Å². The molecule has 13 heavy (non-hydrogen) atoms. The van der Waals surface area contributed by atoms with Crippen molar-refractivity contribution >= 4 is 26.4 Å². The monoisotopic (exact) mass is 190 g/mol. The number of thiophene rings is 1. The van der Waals surface area contributed by atoms with E-state index >= 15 is 0 Å². The summed E-state index contributed by atoms with van der Waals surface area (Å²) in [6.45, 7) is 0. The molecule has 4 heteroatoms. The molecule has 64 valence electrons. The molecular weight excluding hydrogens is 184 g/mol. The highest BCUT2D eigenvalue weighted by molar-refractivity contribution is 7.23. The van der Waals surface area contributed by atoms with E-state index in [2.05, 4.69) is 0 Å². The lowest BCUT2D eigenvalue weighted by Crippen LogP contribution is -1.76. The van der Waals surface area contributed by atoms with Gasteiger partial charge in [0.25, 0.3) is 0 Å². The largest absolute Gasteiger partial charge is 0.504 e. The number of nitrogen functional groups attached to an aromatic ring is 1. The molecule has 0 fully saturated rings. The molecule has 1 aromatic heterocycles. The fraction of sp³-hybridized carbons (Fsp3) is 0. The molecule has 3 N–H and O–H groups in total. The van der Waals surface area contributed by atoms with E-state index in [4.69, 9.17) is 11.0 Å². The minimum atomic E-state index is 0.0806. The molecule has 0 atom stereocenters. The zero-order chi connectivity index (χ0) is 9.42. The van der Waals surface area contributed by atoms with Gasteiger partial charge in [0.1, 0.15) is 5.00 Å². The van der Waals surface area contributed by atoms with Gasteiger partial charge < -0.3 is 10.8 Å². The summed E-state index contributed by atoms with van der Waals surface area (Å²) in [5, 5.41) is 19.2. The number of hydrogen-bond donors (Lipinski definition) is 2. The number of rotatable bonds is 0. The molecule has 2 rings (SSSR count). The molecule has 0 aliphatic rings. The number of hydrogen-bond acceptors (Lipinski definition) is 4. The van der Waals surface area contributed by atoms with Crippen molar-refractivity contribution in [2.75, 3.05) is 5.73 Å². The molecule has 3 nitrogen and oxygen atoms in total. The van der Waals surface area contributed by atoms with Crippen LogP contribution in [0.15, 0.2) is 18.2 Å². The smallest absolute Gasteiger partial charge is 0.157 e. The van der Waals surface area contributed by atoms with Gasteiger partial charge in [0.15, 0.2) is 5.75 Å². The van der Waals surface area contributed by atoms with Crippen LogP contribution < -0.4 is 5.73 Å². The summed E-state index contributed by atoms with van der Waals surface area (Å²) < 4.78 is 0.897. The summed E-state index contributed by atoms with van der Waals surface area (Å²) in [6, 6.07) is 7.14. The second kappa shape index (κ2) is 2.64. The third-order valence-electron chi connectivity index (χ3n) is 1.82. The summed E-state index contributed by atoms with van der Waals surface area (Å²) in [7, 11) is 0. The normalized spacial score (nSPS) is 10.1. The van der Waals surface area contributed by atoms with Gasteiger partial charge in [0.05, 0.1) is 11.6 Å². The predicted octanol–water partition coefficient (Wildman–Crippen LogP) is 2.06. The quantitative estimate of drug-likeness (QED) is 0.668. The minimum Gasteiger partial charge on any atom is -0.504 e. The molecule has 0 saturated heterocycles. The van der Waals surface area contributed by atoms with Crippen molar-refractivity contribution in [2.45, 2.75) is 0 Å². The average Bonchev–Trinajstić information content (AvgIpc) is 2.43. The maximum Gasteiger partial charge on any atom is 0.157 e. The van der Waals surface area contributed by atoms with Crippen molar-refractivity contribution < 1.29 is 5.11 Å². The van der Waals surface area contributed by atoms with Crippen LogP contribution >= 0.6 is 11.3 Å². The van der Waals surface area contributed by atoms with Gasteiger partial charge in [-0.1, -0.05) is 0 Å². The number of nitrogens with zero attached hydrogens (tertiary/aromatic N) is 1. The molecule has 1 heterocycles. The molecule has 1 aromatic carbocycles. The maximum absolute atomic E-state index is 9.49. The summed E-state index contributed by atoms with van der Waals surface area (Å²) in [4.78, 5) is 0. The highest BCUT2D eigenvalue weighted by Crippen LogP contribution is 2.39. The fourth-order valence-electron chi connectivity index (χ4n) is 1.17. The van der Waals surface area contributed by atoms with Crippen LogP contribution in [0.4, 0.5) is 5.00 Å². The maximum atomic E-state index is 9.49. The molecule has 0 spiro atoms. The molecule has 0 saturated carbocycles. The van der Waals surface area contributed by atoms with Crippen LogP contribution in [-0.4, -0.2) is 5.11 Å². The molecule has 0 bridgehead atoms. The van der Waals surface area contributed by atoms with Crippen LogP contribution in [0.2, 0.25) is 0 Å². The Morgan fingerprint density at radius 1 is 1.46 bits per heavy atom. The molecule has 0 aliphatic heterocycles. The summed E-state index contributed by atoms with van der Waals surface area (Å²) in [5.74, 6) is 0.0806. The highest BCUT2D eigenvalue weighted by atomic mass is 32.1. The van der Waals surface area contributed by atoms with E-state index in [1.165, 1.54) is 11.3 Å². The van der Waals surface area contributed by atoms with Crippen LogP contribution in [0.1, 0.15) is 5.56 Å². The van der Waals surface area contributed by atoms with Crippen molar-refractivity contribution in [3.8, 4) is 11.8 Å². The third kappa shape index (κ3) is 1.10.